The number of nitrogens with zero attached hydrogens (tertiary/aromatic N) is 2. The Bertz CT molecular complexity index is 530. The fraction of sp³-hybridized carbons (Fsp3) is 0.200. The van der Waals surface area contributed by atoms with Crippen molar-refractivity contribution in [3.63, 3.8) is 0 Å². The first-order chi connectivity index (χ1) is 8.06. The van der Waals surface area contributed by atoms with Crippen LogP contribution in [0.4, 0.5) is 16.1 Å². The van der Waals surface area contributed by atoms with Crippen LogP contribution in [-0.2, 0) is 0 Å². The van der Waals surface area contributed by atoms with Crippen LogP contribution < -0.4 is 5.32 Å². The predicted molar refractivity (Wildman–Crippen MR) is 63.3 cm³/mol. The molecule has 1 unspecified atom stereocenters. The van der Waals surface area contributed by atoms with Gasteiger partial charge in [0.25, 0.3) is 0 Å². The van der Waals surface area contributed by atoms with Gasteiger partial charge in [0.2, 0.25) is 5.89 Å². The van der Waals surface area contributed by atoms with Crippen molar-refractivity contribution in [3.8, 4) is 0 Å². The zero-order valence-electron chi connectivity index (χ0n) is 8.75. The zero-order valence-corrected chi connectivity index (χ0v) is 10.3. The number of hydrogen-bond donors (Lipinski definition) is 1. The zero-order chi connectivity index (χ0) is 12.4. The predicted octanol–water partition coefficient (Wildman–Crippen LogP) is 3.91. The summed E-state index contributed by atoms with van der Waals surface area (Å²) >= 11 is 11.3. The Kier molecular flexibility index (Phi) is 3.49. The molecule has 1 atom stereocenters. The largest absolute Gasteiger partial charge is 0.406 e. The van der Waals surface area contributed by atoms with Crippen LogP contribution in [0.2, 0.25) is 5.02 Å². The summed E-state index contributed by atoms with van der Waals surface area (Å²) in [6.07, 6.45) is 0. The summed E-state index contributed by atoms with van der Waals surface area (Å²) in [5.41, 5.74) is 0.462. The first kappa shape index (κ1) is 12.1. The minimum absolute atomic E-state index is 0.0520. The van der Waals surface area contributed by atoms with Crippen molar-refractivity contribution < 1.29 is 8.81 Å². The van der Waals surface area contributed by atoms with Crippen LogP contribution in [0.15, 0.2) is 22.6 Å². The number of anilines is 2. The fourth-order valence-corrected chi connectivity index (χ4v) is 1.35. The molecule has 1 N–H and O–H groups in total. The van der Waals surface area contributed by atoms with E-state index in [0.717, 1.165) is 0 Å². The smallest absolute Gasteiger partial charge is 0.320 e. The molecule has 1 aromatic carbocycles. The highest BCUT2D eigenvalue weighted by atomic mass is 35.5. The van der Waals surface area contributed by atoms with E-state index in [1.165, 1.54) is 12.1 Å². The van der Waals surface area contributed by atoms with Crippen LogP contribution in [-0.4, -0.2) is 10.2 Å². The van der Waals surface area contributed by atoms with E-state index in [1.807, 2.05) is 0 Å². The maximum absolute atomic E-state index is 13.2. The first-order valence-electron chi connectivity index (χ1n) is 4.76. The molecule has 4 nitrogen and oxygen atoms in total. The van der Waals surface area contributed by atoms with E-state index >= 15 is 0 Å². The SMILES string of the molecule is CC(Cl)c1nnc(Nc2ccc(Cl)c(F)c2)o1. The topological polar surface area (TPSA) is 51.0 Å². The number of benzene rings is 1. The lowest BCUT2D eigenvalue weighted by Gasteiger charge is -2.01. The molecular formula is C10H8Cl2FN3O. The molecule has 0 saturated carbocycles. The number of nitrogens with one attached hydrogen (secondary N) is 1. The summed E-state index contributed by atoms with van der Waals surface area (Å²) < 4.78 is 18.4. The molecule has 0 fully saturated rings. The number of hydrogen-bond acceptors (Lipinski definition) is 4. The summed E-state index contributed by atoms with van der Waals surface area (Å²) in [4.78, 5) is 0. The molecule has 7 heteroatoms. The number of alkyl halides is 1. The molecule has 0 spiro atoms. The summed E-state index contributed by atoms with van der Waals surface area (Å²) in [5.74, 6) is -0.231. The number of halogens is 3. The lowest BCUT2D eigenvalue weighted by Crippen LogP contribution is -1.91. The third kappa shape index (κ3) is 2.87. The van der Waals surface area contributed by atoms with Crippen LogP contribution >= 0.6 is 23.2 Å². The van der Waals surface area contributed by atoms with Crippen molar-refractivity contribution in [2.24, 2.45) is 0 Å². The molecule has 1 heterocycles. The Morgan fingerprint density at radius 3 is 2.76 bits per heavy atom. The van der Waals surface area contributed by atoms with Gasteiger partial charge < -0.3 is 9.73 Å². The molecule has 0 amide bonds. The Morgan fingerprint density at radius 1 is 1.41 bits per heavy atom. The molecule has 0 bridgehead atoms. The van der Waals surface area contributed by atoms with Crippen molar-refractivity contribution >= 4 is 34.9 Å². The van der Waals surface area contributed by atoms with Crippen molar-refractivity contribution in [3.05, 3.63) is 34.9 Å². The van der Waals surface area contributed by atoms with Crippen molar-refractivity contribution in [1.29, 1.82) is 0 Å². The van der Waals surface area contributed by atoms with Crippen molar-refractivity contribution in [1.82, 2.24) is 10.2 Å². The van der Waals surface area contributed by atoms with Crippen LogP contribution in [0.1, 0.15) is 18.2 Å². The lowest BCUT2D eigenvalue weighted by atomic mass is 10.3. The average Bonchev–Trinajstić information content (AvgIpc) is 2.72. The Balaban J connectivity index is 2.16. The van der Waals surface area contributed by atoms with Crippen LogP contribution in [0.3, 0.4) is 0 Å². The van der Waals surface area contributed by atoms with Gasteiger partial charge in [0.05, 0.1) is 5.02 Å². The van der Waals surface area contributed by atoms with Gasteiger partial charge in [-0.1, -0.05) is 16.7 Å². The summed E-state index contributed by atoms with van der Waals surface area (Å²) in [6, 6.07) is 4.41. The van der Waals surface area contributed by atoms with Crippen molar-refractivity contribution in [2.45, 2.75) is 12.3 Å². The second-order valence-corrected chi connectivity index (χ2v) is 4.38. The van der Waals surface area contributed by atoms with Gasteiger partial charge in [-0.25, -0.2) is 4.39 Å². The van der Waals surface area contributed by atoms with Crippen LogP contribution in [0.25, 0.3) is 0 Å². The highest BCUT2D eigenvalue weighted by molar-refractivity contribution is 6.30. The molecule has 0 aliphatic carbocycles. The van der Waals surface area contributed by atoms with Gasteiger partial charge in [0.15, 0.2) is 0 Å². The molecule has 17 heavy (non-hydrogen) atoms. The third-order valence-electron chi connectivity index (χ3n) is 1.95. The van der Waals surface area contributed by atoms with Gasteiger partial charge in [-0.2, -0.15) is 0 Å². The average molecular weight is 276 g/mol. The number of rotatable bonds is 3. The van der Waals surface area contributed by atoms with Gasteiger partial charge in [-0.05, 0) is 25.1 Å². The van der Waals surface area contributed by atoms with Gasteiger partial charge in [-0.15, -0.1) is 16.7 Å². The fourth-order valence-electron chi connectivity index (χ4n) is 1.14. The van der Waals surface area contributed by atoms with E-state index in [4.69, 9.17) is 27.6 Å². The summed E-state index contributed by atoms with van der Waals surface area (Å²) in [5, 5.41) is 9.86. The Hall–Kier alpha value is -1.33. The second-order valence-electron chi connectivity index (χ2n) is 3.32. The van der Waals surface area contributed by atoms with Crippen LogP contribution in [0.5, 0.6) is 0 Å². The first-order valence-corrected chi connectivity index (χ1v) is 5.57. The van der Waals surface area contributed by atoms with Gasteiger partial charge in [0, 0.05) is 5.69 Å². The van der Waals surface area contributed by atoms with E-state index < -0.39 is 5.82 Å². The Labute approximate surface area is 107 Å². The van der Waals surface area contributed by atoms with E-state index in [2.05, 4.69) is 15.5 Å². The standard InChI is InChI=1S/C10H8Cl2FN3O/c1-5(11)9-15-16-10(17-9)14-6-2-3-7(12)8(13)4-6/h2-5H,1H3,(H,14,16). The molecule has 90 valence electrons. The van der Waals surface area contributed by atoms with E-state index in [0.29, 0.717) is 11.6 Å². The molecule has 0 aliphatic heterocycles. The quantitative estimate of drug-likeness (QED) is 0.863. The highest BCUT2D eigenvalue weighted by Gasteiger charge is 2.11. The van der Waals surface area contributed by atoms with E-state index in [1.54, 1.807) is 13.0 Å². The maximum Gasteiger partial charge on any atom is 0.320 e. The lowest BCUT2D eigenvalue weighted by molar-refractivity contribution is 0.510. The highest BCUT2D eigenvalue weighted by Crippen LogP contribution is 2.23. The third-order valence-corrected chi connectivity index (χ3v) is 2.44. The molecule has 2 rings (SSSR count). The van der Waals surface area contributed by atoms with E-state index in [9.17, 15) is 4.39 Å². The number of aromatic nitrogens is 2. The Morgan fingerprint density at radius 2 is 2.18 bits per heavy atom. The minimum atomic E-state index is -0.526. The van der Waals surface area contributed by atoms with Gasteiger partial charge >= 0.3 is 6.01 Å². The van der Waals surface area contributed by atoms with Crippen LogP contribution in [0, 0.1) is 5.82 Å². The second kappa shape index (κ2) is 4.89. The van der Waals surface area contributed by atoms with E-state index in [-0.39, 0.29) is 16.4 Å². The summed E-state index contributed by atoms with van der Waals surface area (Å²) in [7, 11) is 0. The monoisotopic (exact) mass is 275 g/mol. The molecule has 0 saturated heterocycles. The van der Waals surface area contributed by atoms with Crippen molar-refractivity contribution in [2.75, 3.05) is 5.32 Å². The van der Waals surface area contributed by atoms with Gasteiger partial charge in [0.1, 0.15) is 11.2 Å². The summed E-state index contributed by atoms with van der Waals surface area (Å²) in [6.45, 7) is 1.71. The van der Waals surface area contributed by atoms with Gasteiger partial charge in [-0.3, -0.25) is 0 Å². The normalized spacial score (nSPS) is 12.5. The maximum atomic E-state index is 13.2. The minimum Gasteiger partial charge on any atom is -0.406 e. The molecule has 0 radical (unpaired) electrons. The molecule has 2 aromatic rings. The molecular weight excluding hydrogens is 268 g/mol. The molecule has 0 aliphatic rings. The molecule has 1 aromatic heterocycles.